The third-order valence-electron chi connectivity index (χ3n) is 4.89. The Balaban J connectivity index is 1.91. The van der Waals surface area contributed by atoms with Crippen molar-refractivity contribution in [2.24, 2.45) is 11.7 Å². The first kappa shape index (κ1) is 13.6. The van der Waals surface area contributed by atoms with Crippen LogP contribution in [0.2, 0.25) is 0 Å². The van der Waals surface area contributed by atoms with Crippen molar-refractivity contribution in [3.63, 3.8) is 0 Å². The first-order chi connectivity index (χ1) is 9.08. The number of rotatable bonds is 1. The van der Waals surface area contributed by atoms with E-state index in [2.05, 4.69) is 13.8 Å². The molecule has 0 bridgehead atoms. The van der Waals surface area contributed by atoms with Crippen molar-refractivity contribution in [1.82, 2.24) is 4.98 Å². The summed E-state index contributed by atoms with van der Waals surface area (Å²) in [5.41, 5.74) is 7.96. The summed E-state index contributed by atoms with van der Waals surface area (Å²) in [5.74, 6) is 1.46. The number of nitrogens with two attached hydrogens (primary N) is 1. The van der Waals surface area contributed by atoms with Gasteiger partial charge >= 0.3 is 0 Å². The number of aromatic nitrogens is 1. The summed E-state index contributed by atoms with van der Waals surface area (Å²) in [6, 6.07) is 0. The molecule has 19 heavy (non-hydrogen) atoms. The standard InChI is InChI=1S/C16H26N2S/c1-11-9-12(2)14-13(10-11)18-15(19-14)16(17)7-5-3-4-6-8-16/h11-12H,3-10,17H2,1-2H3. The minimum absolute atomic E-state index is 0.124. The van der Waals surface area contributed by atoms with E-state index in [9.17, 15) is 0 Å². The van der Waals surface area contributed by atoms with Crippen molar-refractivity contribution in [2.75, 3.05) is 0 Å². The molecule has 2 unspecified atom stereocenters. The van der Waals surface area contributed by atoms with Crippen LogP contribution < -0.4 is 5.73 Å². The summed E-state index contributed by atoms with van der Waals surface area (Å²) < 4.78 is 0. The van der Waals surface area contributed by atoms with E-state index in [1.54, 1.807) is 0 Å². The van der Waals surface area contributed by atoms with Gasteiger partial charge in [-0.15, -0.1) is 11.3 Å². The maximum Gasteiger partial charge on any atom is 0.113 e. The van der Waals surface area contributed by atoms with Crippen LogP contribution in [0.15, 0.2) is 0 Å². The van der Waals surface area contributed by atoms with Crippen LogP contribution in [0.25, 0.3) is 0 Å². The molecule has 0 spiro atoms. The first-order valence-corrected chi connectivity index (χ1v) is 8.69. The Morgan fingerprint density at radius 3 is 2.53 bits per heavy atom. The highest BCUT2D eigenvalue weighted by atomic mass is 32.1. The van der Waals surface area contributed by atoms with Gasteiger partial charge in [0.25, 0.3) is 0 Å². The molecule has 1 fully saturated rings. The summed E-state index contributed by atoms with van der Waals surface area (Å²) >= 11 is 1.92. The van der Waals surface area contributed by atoms with Crippen molar-refractivity contribution >= 4 is 11.3 Å². The van der Waals surface area contributed by atoms with Crippen molar-refractivity contribution in [2.45, 2.75) is 76.7 Å². The third kappa shape index (κ3) is 2.59. The van der Waals surface area contributed by atoms with Gasteiger partial charge in [0.05, 0.1) is 11.2 Å². The van der Waals surface area contributed by atoms with Crippen LogP contribution in [0.1, 0.15) is 80.3 Å². The predicted octanol–water partition coefficient (Wildman–Crippen LogP) is 4.34. The van der Waals surface area contributed by atoms with E-state index in [-0.39, 0.29) is 5.54 Å². The third-order valence-corrected chi connectivity index (χ3v) is 6.44. The lowest BCUT2D eigenvalue weighted by Gasteiger charge is -2.25. The van der Waals surface area contributed by atoms with Crippen molar-refractivity contribution in [3.05, 3.63) is 15.6 Å². The molecule has 1 heterocycles. The van der Waals surface area contributed by atoms with Gasteiger partial charge in [-0.2, -0.15) is 0 Å². The smallest absolute Gasteiger partial charge is 0.113 e. The summed E-state index contributed by atoms with van der Waals surface area (Å²) in [5, 5.41) is 1.24. The molecule has 2 aliphatic carbocycles. The number of nitrogens with zero attached hydrogens (tertiary/aromatic N) is 1. The number of fused-ring (bicyclic) bond motifs is 1. The molecular weight excluding hydrogens is 252 g/mol. The van der Waals surface area contributed by atoms with Crippen LogP contribution in [-0.2, 0) is 12.0 Å². The van der Waals surface area contributed by atoms with Gasteiger partial charge in [0, 0.05) is 4.88 Å². The molecule has 3 rings (SSSR count). The first-order valence-electron chi connectivity index (χ1n) is 7.87. The number of hydrogen-bond donors (Lipinski definition) is 1. The fourth-order valence-electron chi connectivity index (χ4n) is 3.81. The quantitative estimate of drug-likeness (QED) is 0.776. The van der Waals surface area contributed by atoms with Crippen LogP contribution in [-0.4, -0.2) is 4.98 Å². The lowest BCUT2D eigenvalue weighted by molar-refractivity contribution is 0.381. The molecule has 0 radical (unpaired) electrons. The van der Waals surface area contributed by atoms with E-state index >= 15 is 0 Å². The van der Waals surface area contributed by atoms with Gasteiger partial charge in [-0.1, -0.05) is 39.5 Å². The van der Waals surface area contributed by atoms with Crippen LogP contribution in [0.5, 0.6) is 0 Å². The molecule has 2 atom stereocenters. The van der Waals surface area contributed by atoms with Gasteiger partial charge < -0.3 is 5.73 Å². The van der Waals surface area contributed by atoms with Gasteiger partial charge in [0.2, 0.25) is 0 Å². The van der Waals surface area contributed by atoms with E-state index in [4.69, 9.17) is 10.7 Å². The highest BCUT2D eigenvalue weighted by molar-refractivity contribution is 7.12. The Kier molecular flexibility index (Phi) is 3.69. The molecule has 0 aliphatic heterocycles. The Morgan fingerprint density at radius 1 is 1.16 bits per heavy atom. The zero-order chi connectivity index (χ0) is 13.5. The highest BCUT2D eigenvalue weighted by Gasteiger charge is 2.34. The number of thiazole rings is 1. The van der Waals surface area contributed by atoms with Crippen molar-refractivity contribution in [1.29, 1.82) is 0 Å². The normalized spacial score (nSPS) is 30.7. The Morgan fingerprint density at radius 2 is 1.84 bits per heavy atom. The minimum Gasteiger partial charge on any atom is -0.319 e. The van der Waals surface area contributed by atoms with E-state index in [1.807, 2.05) is 11.3 Å². The average molecular weight is 278 g/mol. The predicted molar refractivity (Wildman–Crippen MR) is 81.6 cm³/mol. The van der Waals surface area contributed by atoms with Crippen LogP contribution in [0.4, 0.5) is 0 Å². The van der Waals surface area contributed by atoms with Gasteiger partial charge in [0.15, 0.2) is 0 Å². The second-order valence-corrected chi connectivity index (χ2v) is 7.88. The molecule has 2 N–H and O–H groups in total. The van der Waals surface area contributed by atoms with E-state index in [0.29, 0.717) is 5.92 Å². The van der Waals surface area contributed by atoms with Crippen LogP contribution in [0, 0.1) is 5.92 Å². The zero-order valence-electron chi connectivity index (χ0n) is 12.2. The average Bonchev–Trinajstić information content (AvgIpc) is 2.66. The Hall–Kier alpha value is -0.410. The largest absolute Gasteiger partial charge is 0.319 e. The summed E-state index contributed by atoms with van der Waals surface area (Å²) in [4.78, 5) is 6.51. The second-order valence-electron chi connectivity index (χ2n) is 6.85. The van der Waals surface area contributed by atoms with Crippen molar-refractivity contribution < 1.29 is 0 Å². The lowest BCUT2D eigenvalue weighted by Crippen LogP contribution is -2.35. The van der Waals surface area contributed by atoms with Gasteiger partial charge in [-0.3, -0.25) is 0 Å². The maximum atomic E-state index is 6.72. The molecule has 0 amide bonds. The molecule has 2 aliphatic rings. The monoisotopic (exact) mass is 278 g/mol. The molecule has 2 nitrogen and oxygen atoms in total. The van der Waals surface area contributed by atoms with E-state index in [0.717, 1.165) is 25.2 Å². The molecule has 1 saturated carbocycles. The van der Waals surface area contributed by atoms with Gasteiger partial charge in [0.1, 0.15) is 5.01 Å². The SMILES string of the molecule is CC1Cc2nc(C3(N)CCCCCC3)sc2C(C)C1. The maximum absolute atomic E-state index is 6.72. The highest BCUT2D eigenvalue weighted by Crippen LogP contribution is 2.43. The molecule has 1 aromatic rings. The lowest BCUT2D eigenvalue weighted by atomic mass is 9.85. The molecule has 0 saturated heterocycles. The molecular formula is C16H26N2S. The van der Waals surface area contributed by atoms with E-state index < -0.39 is 0 Å². The van der Waals surface area contributed by atoms with E-state index in [1.165, 1.54) is 47.7 Å². The zero-order valence-corrected chi connectivity index (χ0v) is 13.1. The topological polar surface area (TPSA) is 38.9 Å². The fourth-order valence-corrected chi connectivity index (χ4v) is 5.12. The fraction of sp³-hybridized carbons (Fsp3) is 0.812. The summed E-state index contributed by atoms with van der Waals surface area (Å²) in [6.45, 7) is 4.70. The van der Waals surface area contributed by atoms with Crippen LogP contribution in [0.3, 0.4) is 0 Å². The number of hydrogen-bond acceptors (Lipinski definition) is 3. The van der Waals surface area contributed by atoms with Gasteiger partial charge in [-0.05, 0) is 37.5 Å². The molecule has 1 aromatic heterocycles. The molecule has 3 heteroatoms. The summed E-state index contributed by atoms with van der Waals surface area (Å²) in [6.07, 6.45) is 9.96. The molecule has 0 aromatic carbocycles. The summed E-state index contributed by atoms with van der Waals surface area (Å²) in [7, 11) is 0. The van der Waals surface area contributed by atoms with Crippen LogP contribution >= 0.6 is 11.3 Å². The minimum atomic E-state index is -0.124. The van der Waals surface area contributed by atoms with Crippen molar-refractivity contribution in [3.8, 4) is 0 Å². The van der Waals surface area contributed by atoms with Gasteiger partial charge in [-0.25, -0.2) is 4.98 Å². The Labute approximate surface area is 120 Å². The Bertz CT molecular complexity index is 444. The second kappa shape index (κ2) is 5.17. The molecule has 106 valence electrons.